The molecular weight excluding hydrogens is 488 g/mol. The van der Waals surface area contributed by atoms with Crippen molar-refractivity contribution in [2.45, 2.75) is 77.0 Å². The van der Waals surface area contributed by atoms with Crippen LogP contribution in [-0.2, 0) is 19.5 Å². The summed E-state index contributed by atoms with van der Waals surface area (Å²) in [5.74, 6) is 3.12. The van der Waals surface area contributed by atoms with Crippen molar-refractivity contribution in [2.24, 2.45) is 17.3 Å². The SMILES string of the molecule is CCn1cc(CN(C)CCOc2ccc([C@H]3C[C@@]4(C)C(CC[C@@H]4O)C4CCc5cc(O)ccc5C43)cc2)nn1. The van der Waals surface area contributed by atoms with Crippen LogP contribution in [0.5, 0.6) is 11.5 Å². The van der Waals surface area contributed by atoms with E-state index in [0.717, 1.165) is 63.2 Å². The molecule has 6 rings (SSSR count). The molecule has 0 spiro atoms. The summed E-state index contributed by atoms with van der Waals surface area (Å²) in [5, 5.41) is 29.6. The Labute approximate surface area is 231 Å². The van der Waals surface area contributed by atoms with E-state index in [4.69, 9.17) is 4.74 Å². The van der Waals surface area contributed by atoms with Crippen LogP contribution in [0.4, 0.5) is 0 Å². The Balaban J connectivity index is 1.16. The molecule has 2 aromatic carbocycles. The van der Waals surface area contributed by atoms with Crippen molar-refractivity contribution < 1.29 is 14.9 Å². The average molecular weight is 531 g/mol. The average Bonchev–Trinajstić information content (AvgIpc) is 3.51. The fraction of sp³-hybridized carbons (Fsp3) is 0.562. The van der Waals surface area contributed by atoms with E-state index in [2.05, 4.69) is 66.4 Å². The summed E-state index contributed by atoms with van der Waals surface area (Å²) < 4.78 is 7.96. The number of phenols is 1. The third-order valence-corrected chi connectivity index (χ3v) is 10.1. The van der Waals surface area contributed by atoms with Gasteiger partial charge in [-0.15, -0.1) is 5.10 Å². The number of rotatable bonds is 8. The molecule has 0 bridgehead atoms. The molecule has 7 heteroatoms. The van der Waals surface area contributed by atoms with Gasteiger partial charge < -0.3 is 14.9 Å². The molecule has 208 valence electrons. The summed E-state index contributed by atoms with van der Waals surface area (Å²) in [5.41, 5.74) is 4.96. The molecule has 3 aliphatic rings. The lowest BCUT2D eigenvalue weighted by molar-refractivity contribution is -0.0323. The third kappa shape index (κ3) is 4.95. The highest BCUT2D eigenvalue weighted by Gasteiger charge is 2.57. The van der Waals surface area contributed by atoms with Crippen molar-refractivity contribution in [3.63, 3.8) is 0 Å². The maximum atomic E-state index is 11.1. The number of aliphatic hydroxyl groups is 1. The molecule has 6 atom stereocenters. The minimum atomic E-state index is -0.224. The number of aromatic hydroxyl groups is 1. The molecule has 3 unspecified atom stereocenters. The van der Waals surface area contributed by atoms with E-state index in [1.807, 2.05) is 23.0 Å². The number of ether oxygens (including phenoxy) is 1. The Kier molecular flexibility index (Phi) is 7.15. The number of benzene rings is 2. The highest BCUT2D eigenvalue weighted by atomic mass is 16.5. The van der Waals surface area contributed by atoms with Gasteiger partial charge in [-0.1, -0.05) is 30.3 Å². The molecule has 2 saturated carbocycles. The van der Waals surface area contributed by atoms with Gasteiger partial charge in [-0.3, -0.25) is 9.58 Å². The molecule has 7 nitrogen and oxygen atoms in total. The highest BCUT2D eigenvalue weighted by molar-refractivity contribution is 5.43. The second-order valence-corrected chi connectivity index (χ2v) is 12.3. The zero-order valence-corrected chi connectivity index (χ0v) is 23.5. The van der Waals surface area contributed by atoms with Crippen LogP contribution >= 0.6 is 0 Å². The first kappa shape index (κ1) is 26.3. The second kappa shape index (κ2) is 10.6. The van der Waals surface area contributed by atoms with Crippen molar-refractivity contribution in [3.05, 3.63) is 71.0 Å². The predicted octanol–water partition coefficient (Wildman–Crippen LogP) is 5.13. The Hall–Kier alpha value is -2.90. The summed E-state index contributed by atoms with van der Waals surface area (Å²) in [6.07, 6.45) is 6.94. The largest absolute Gasteiger partial charge is 0.508 e. The normalized spacial score (nSPS) is 29.6. The molecule has 0 amide bonds. The molecule has 0 aliphatic heterocycles. The number of nitrogens with zero attached hydrogens (tertiary/aromatic N) is 4. The topological polar surface area (TPSA) is 83.6 Å². The lowest BCUT2D eigenvalue weighted by Gasteiger charge is -2.54. The van der Waals surface area contributed by atoms with Gasteiger partial charge in [0.25, 0.3) is 0 Å². The maximum Gasteiger partial charge on any atom is 0.119 e. The number of phenolic OH excluding ortho intramolecular Hbond substituents is 1. The van der Waals surface area contributed by atoms with E-state index in [1.54, 1.807) is 0 Å². The van der Waals surface area contributed by atoms with E-state index in [-0.39, 0.29) is 11.5 Å². The van der Waals surface area contributed by atoms with Gasteiger partial charge in [-0.05, 0) is 116 Å². The van der Waals surface area contributed by atoms with Gasteiger partial charge in [0.05, 0.1) is 11.8 Å². The van der Waals surface area contributed by atoms with E-state index in [9.17, 15) is 10.2 Å². The van der Waals surface area contributed by atoms with Gasteiger partial charge in [0.15, 0.2) is 0 Å². The molecular formula is C32H42N4O3. The standard InChI is InChI=1S/C32H42N4O3/c1-4-36-20-23(33-34-36)19-35(3)15-16-39-25-9-5-21(6-10-25)28-18-32(2)29(13-14-30(32)38)27-11-7-22-17-24(37)8-12-26(22)31(27)28/h5-6,8-10,12,17,20,27-31,37-38H,4,7,11,13-16,18-19H2,1-3H3/t27?,28-,29?,30+,31?,32+/m1/s1. The van der Waals surface area contributed by atoms with Gasteiger partial charge >= 0.3 is 0 Å². The second-order valence-electron chi connectivity index (χ2n) is 12.3. The highest BCUT2D eigenvalue weighted by Crippen LogP contribution is 2.65. The smallest absolute Gasteiger partial charge is 0.119 e. The Morgan fingerprint density at radius 2 is 1.95 bits per heavy atom. The first-order chi connectivity index (χ1) is 18.9. The molecule has 2 fully saturated rings. The Bertz CT molecular complexity index is 1290. The van der Waals surface area contributed by atoms with Crippen LogP contribution in [0.25, 0.3) is 0 Å². The van der Waals surface area contributed by atoms with E-state index in [0.29, 0.717) is 36.0 Å². The quantitative estimate of drug-likeness (QED) is 0.420. The number of hydrogen-bond donors (Lipinski definition) is 2. The van der Waals surface area contributed by atoms with E-state index < -0.39 is 0 Å². The minimum Gasteiger partial charge on any atom is -0.508 e. The van der Waals surface area contributed by atoms with Crippen LogP contribution in [0.15, 0.2) is 48.7 Å². The van der Waals surface area contributed by atoms with Crippen molar-refractivity contribution in [1.82, 2.24) is 19.9 Å². The van der Waals surface area contributed by atoms with Crippen LogP contribution < -0.4 is 4.74 Å². The van der Waals surface area contributed by atoms with Gasteiger partial charge in [-0.2, -0.15) is 0 Å². The van der Waals surface area contributed by atoms with E-state index >= 15 is 0 Å². The zero-order chi connectivity index (χ0) is 27.1. The lowest BCUT2D eigenvalue weighted by atomic mass is 9.51. The van der Waals surface area contributed by atoms with Gasteiger partial charge in [0, 0.05) is 25.8 Å². The summed E-state index contributed by atoms with van der Waals surface area (Å²) in [6, 6.07) is 14.7. The van der Waals surface area contributed by atoms with E-state index in [1.165, 1.54) is 16.7 Å². The number of aliphatic hydroxyl groups excluding tert-OH is 1. The summed E-state index contributed by atoms with van der Waals surface area (Å²) >= 11 is 0. The molecule has 3 aromatic rings. The van der Waals surface area contributed by atoms with Gasteiger partial charge in [0.1, 0.15) is 18.1 Å². The molecule has 1 heterocycles. The summed E-state index contributed by atoms with van der Waals surface area (Å²) in [6.45, 7) is 7.37. The lowest BCUT2D eigenvalue weighted by Crippen LogP contribution is -2.47. The van der Waals surface area contributed by atoms with Gasteiger partial charge in [-0.25, -0.2) is 0 Å². The zero-order valence-electron chi connectivity index (χ0n) is 23.5. The Morgan fingerprint density at radius 1 is 1.13 bits per heavy atom. The van der Waals surface area contributed by atoms with Crippen LogP contribution in [-0.4, -0.2) is 56.4 Å². The predicted molar refractivity (Wildman–Crippen MR) is 151 cm³/mol. The molecule has 1 aromatic heterocycles. The first-order valence-corrected chi connectivity index (χ1v) is 14.7. The van der Waals surface area contributed by atoms with Crippen molar-refractivity contribution in [3.8, 4) is 11.5 Å². The monoisotopic (exact) mass is 530 g/mol. The maximum absolute atomic E-state index is 11.1. The van der Waals surface area contributed by atoms with Crippen molar-refractivity contribution in [2.75, 3.05) is 20.2 Å². The van der Waals surface area contributed by atoms with Crippen LogP contribution in [0.2, 0.25) is 0 Å². The van der Waals surface area contributed by atoms with Crippen molar-refractivity contribution in [1.29, 1.82) is 0 Å². The Morgan fingerprint density at radius 3 is 2.72 bits per heavy atom. The molecule has 3 aliphatic carbocycles. The van der Waals surface area contributed by atoms with Crippen LogP contribution in [0.1, 0.15) is 73.8 Å². The molecule has 39 heavy (non-hydrogen) atoms. The fourth-order valence-electron chi connectivity index (χ4n) is 8.05. The first-order valence-electron chi connectivity index (χ1n) is 14.7. The number of hydrogen-bond acceptors (Lipinski definition) is 6. The molecule has 0 radical (unpaired) electrons. The number of aryl methyl sites for hydroxylation is 2. The number of fused-ring (bicyclic) bond motifs is 5. The molecule has 0 saturated heterocycles. The third-order valence-electron chi connectivity index (χ3n) is 10.1. The summed E-state index contributed by atoms with van der Waals surface area (Å²) in [4.78, 5) is 2.20. The van der Waals surface area contributed by atoms with Gasteiger partial charge in [0.2, 0.25) is 0 Å². The molecule has 2 N–H and O–H groups in total. The van der Waals surface area contributed by atoms with Crippen LogP contribution in [0, 0.1) is 17.3 Å². The van der Waals surface area contributed by atoms with Crippen molar-refractivity contribution >= 4 is 0 Å². The fourth-order valence-corrected chi connectivity index (χ4v) is 8.05. The number of likely N-dealkylation sites (N-methyl/N-ethyl adjacent to an activating group) is 1. The minimum absolute atomic E-state index is 0.0392. The summed E-state index contributed by atoms with van der Waals surface area (Å²) in [7, 11) is 2.07. The van der Waals surface area contributed by atoms with Crippen LogP contribution in [0.3, 0.4) is 0 Å². The number of aromatic nitrogens is 3.